The number of hydrogen-bond acceptors (Lipinski definition) is 2. The normalized spacial score (nSPS) is 10.5. The molecule has 3 heteroatoms. The van der Waals surface area contributed by atoms with Crippen LogP contribution in [0.25, 0.3) is 0 Å². The Hall–Kier alpha value is -1.90. The van der Waals surface area contributed by atoms with E-state index in [1.807, 2.05) is 13.0 Å². The second-order valence-corrected chi connectivity index (χ2v) is 4.15. The van der Waals surface area contributed by atoms with Crippen LogP contribution in [0.15, 0.2) is 36.7 Å². The third-order valence-electron chi connectivity index (χ3n) is 2.91. The number of halogens is 1. The van der Waals surface area contributed by atoms with Gasteiger partial charge < -0.3 is 5.73 Å². The van der Waals surface area contributed by atoms with Gasteiger partial charge in [-0.1, -0.05) is 6.07 Å². The Morgan fingerprint density at radius 1 is 1.18 bits per heavy atom. The molecular formula is C14H15FN2. The van der Waals surface area contributed by atoms with Gasteiger partial charge in [-0.25, -0.2) is 4.39 Å². The van der Waals surface area contributed by atoms with Crippen molar-refractivity contribution in [3.05, 3.63) is 59.2 Å². The van der Waals surface area contributed by atoms with Crippen molar-refractivity contribution in [1.82, 2.24) is 4.98 Å². The van der Waals surface area contributed by atoms with Gasteiger partial charge >= 0.3 is 0 Å². The number of nitrogens with zero attached hydrogens (tertiary/aromatic N) is 1. The summed E-state index contributed by atoms with van der Waals surface area (Å²) in [4.78, 5) is 4.05. The maximum atomic E-state index is 12.9. The van der Waals surface area contributed by atoms with E-state index in [0.29, 0.717) is 0 Å². The Morgan fingerprint density at radius 2 is 1.94 bits per heavy atom. The van der Waals surface area contributed by atoms with Crippen LogP contribution < -0.4 is 5.73 Å². The molecule has 17 heavy (non-hydrogen) atoms. The average molecular weight is 230 g/mol. The van der Waals surface area contributed by atoms with Gasteiger partial charge in [-0.15, -0.1) is 0 Å². The molecule has 0 atom stereocenters. The fourth-order valence-electron chi connectivity index (χ4n) is 1.86. The molecular weight excluding hydrogens is 215 g/mol. The summed E-state index contributed by atoms with van der Waals surface area (Å²) in [6, 6.07) is 6.68. The lowest BCUT2D eigenvalue weighted by Crippen LogP contribution is -1.99. The van der Waals surface area contributed by atoms with Crippen LogP contribution in [-0.4, -0.2) is 4.98 Å². The second kappa shape index (κ2) is 4.95. The fourth-order valence-corrected chi connectivity index (χ4v) is 1.86. The van der Waals surface area contributed by atoms with Crippen LogP contribution in [0.2, 0.25) is 0 Å². The Bertz CT molecular complexity index is 523. The molecule has 0 fully saturated rings. The molecule has 0 bridgehead atoms. The van der Waals surface area contributed by atoms with Crippen LogP contribution >= 0.6 is 0 Å². The van der Waals surface area contributed by atoms with E-state index < -0.39 is 0 Å². The minimum Gasteiger partial charge on any atom is -0.398 e. The van der Waals surface area contributed by atoms with Gasteiger partial charge in [-0.05, 0) is 54.7 Å². The predicted molar refractivity (Wildman–Crippen MR) is 67.2 cm³/mol. The highest BCUT2D eigenvalue weighted by Gasteiger charge is 2.03. The van der Waals surface area contributed by atoms with Crippen LogP contribution in [0, 0.1) is 12.7 Å². The van der Waals surface area contributed by atoms with Gasteiger partial charge in [0.25, 0.3) is 0 Å². The van der Waals surface area contributed by atoms with Crippen molar-refractivity contribution >= 4 is 5.69 Å². The molecule has 0 radical (unpaired) electrons. The third kappa shape index (κ3) is 2.81. The lowest BCUT2D eigenvalue weighted by molar-refractivity contribution is 0.625. The van der Waals surface area contributed by atoms with Crippen molar-refractivity contribution in [2.75, 3.05) is 5.73 Å². The van der Waals surface area contributed by atoms with Gasteiger partial charge in [-0.2, -0.15) is 0 Å². The van der Waals surface area contributed by atoms with Crippen LogP contribution in [-0.2, 0) is 12.8 Å². The molecule has 2 nitrogen and oxygen atoms in total. The monoisotopic (exact) mass is 230 g/mol. The topological polar surface area (TPSA) is 38.9 Å². The Kier molecular flexibility index (Phi) is 3.38. The second-order valence-electron chi connectivity index (χ2n) is 4.15. The number of pyridine rings is 1. The standard InChI is InChI=1S/C14H15FN2/c1-10-8-13(15)5-4-11(10)2-3-12-9-17-7-6-14(12)16/h4-9H,2-3H2,1H3,(H2,16,17). The summed E-state index contributed by atoms with van der Waals surface area (Å²) in [6.45, 7) is 1.92. The highest BCUT2D eigenvalue weighted by atomic mass is 19.1. The lowest BCUT2D eigenvalue weighted by atomic mass is 10.0. The van der Waals surface area contributed by atoms with Gasteiger partial charge in [0.15, 0.2) is 0 Å². The first-order valence-electron chi connectivity index (χ1n) is 5.60. The maximum Gasteiger partial charge on any atom is 0.123 e. The maximum absolute atomic E-state index is 12.9. The van der Waals surface area contributed by atoms with Gasteiger partial charge in [0.05, 0.1) is 0 Å². The van der Waals surface area contributed by atoms with E-state index in [-0.39, 0.29) is 5.82 Å². The summed E-state index contributed by atoms with van der Waals surface area (Å²) >= 11 is 0. The molecule has 1 aromatic carbocycles. The molecule has 0 saturated heterocycles. The number of benzene rings is 1. The van der Waals surface area contributed by atoms with E-state index in [9.17, 15) is 4.39 Å². The molecule has 0 saturated carbocycles. The molecule has 1 heterocycles. The lowest BCUT2D eigenvalue weighted by Gasteiger charge is -2.07. The molecule has 0 amide bonds. The SMILES string of the molecule is Cc1cc(F)ccc1CCc1cnccc1N. The highest BCUT2D eigenvalue weighted by molar-refractivity contribution is 5.44. The van der Waals surface area contributed by atoms with E-state index in [1.54, 1.807) is 24.5 Å². The Balaban J connectivity index is 2.10. The molecule has 2 rings (SSSR count). The number of nitrogen functional groups attached to an aromatic ring is 1. The summed E-state index contributed by atoms with van der Waals surface area (Å²) < 4.78 is 12.9. The van der Waals surface area contributed by atoms with Crippen molar-refractivity contribution < 1.29 is 4.39 Å². The first kappa shape index (κ1) is 11.6. The third-order valence-corrected chi connectivity index (χ3v) is 2.91. The zero-order chi connectivity index (χ0) is 12.3. The van der Waals surface area contributed by atoms with E-state index in [4.69, 9.17) is 5.73 Å². The highest BCUT2D eigenvalue weighted by Crippen LogP contribution is 2.16. The summed E-state index contributed by atoms with van der Waals surface area (Å²) in [6.07, 6.45) is 5.14. The van der Waals surface area contributed by atoms with E-state index >= 15 is 0 Å². The number of nitrogens with two attached hydrogens (primary N) is 1. The minimum absolute atomic E-state index is 0.188. The minimum atomic E-state index is -0.188. The van der Waals surface area contributed by atoms with E-state index in [0.717, 1.165) is 35.2 Å². The molecule has 88 valence electrons. The number of hydrogen-bond donors (Lipinski definition) is 1. The van der Waals surface area contributed by atoms with E-state index in [1.165, 1.54) is 6.07 Å². The molecule has 1 aromatic heterocycles. The smallest absolute Gasteiger partial charge is 0.123 e. The van der Waals surface area contributed by atoms with Crippen LogP contribution in [0.4, 0.5) is 10.1 Å². The predicted octanol–water partition coefficient (Wildman–Crippen LogP) is 2.90. The van der Waals surface area contributed by atoms with Gasteiger partial charge in [0.1, 0.15) is 5.82 Å². The zero-order valence-corrected chi connectivity index (χ0v) is 9.78. The molecule has 0 spiro atoms. The number of rotatable bonds is 3. The van der Waals surface area contributed by atoms with Gasteiger partial charge in [-0.3, -0.25) is 4.98 Å². The first-order chi connectivity index (χ1) is 8.16. The van der Waals surface area contributed by atoms with Gasteiger partial charge in [0, 0.05) is 18.1 Å². The number of aryl methyl sites for hydroxylation is 3. The summed E-state index contributed by atoms with van der Waals surface area (Å²) in [5, 5.41) is 0. The van der Waals surface area contributed by atoms with Crippen LogP contribution in [0.3, 0.4) is 0 Å². The molecule has 0 aliphatic heterocycles. The summed E-state index contributed by atoms with van der Waals surface area (Å²) in [5.74, 6) is -0.188. The largest absolute Gasteiger partial charge is 0.398 e. The molecule has 2 aromatic rings. The average Bonchev–Trinajstić information content (AvgIpc) is 2.30. The van der Waals surface area contributed by atoms with Crippen molar-refractivity contribution in [1.29, 1.82) is 0 Å². The fraction of sp³-hybridized carbons (Fsp3) is 0.214. The quantitative estimate of drug-likeness (QED) is 0.880. The van der Waals surface area contributed by atoms with Crippen LogP contribution in [0.5, 0.6) is 0 Å². The molecule has 0 unspecified atom stereocenters. The Labute approximate surface area is 100 Å². The molecule has 2 N–H and O–H groups in total. The summed E-state index contributed by atoms with van der Waals surface area (Å²) in [7, 11) is 0. The Morgan fingerprint density at radius 3 is 2.65 bits per heavy atom. The van der Waals surface area contributed by atoms with Crippen molar-refractivity contribution in [2.45, 2.75) is 19.8 Å². The first-order valence-corrected chi connectivity index (χ1v) is 5.60. The van der Waals surface area contributed by atoms with Crippen molar-refractivity contribution in [3.8, 4) is 0 Å². The van der Waals surface area contributed by atoms with E-state index in [2.05, 4.69) is 4.98 Å². The number of aromatic nitrogens is 1. The van der Waals surface area contributed by atoms with Crippen molar-refractivity contribution in [3.63, 3.8) is 0 Å². The van der Waals surface area contributed by atoms with Crippen molar-refractivity contribution in [2.24, 2.45) is 0 Å². The molecule has 0 aliphatic rings. The summed E-state index contributed by atoms with van der Waals surface area (Å²) in [5.41, 5.74) is 9.78. The zero-order valence-electron chi connectivity index (χ0n) is 9.78. The molecule has 0 aliphatic carbocycles. The van der Waals surface area contributed by atoms with Crippen LogP contribution in [0.1, 0.15) is 16.7 Å². The number of anilines is 1. The van der Waals surface area contributed by atoms with Gasteiger partial charge in [0.2, 0.25) is 0 Å².